The fourth-order valence-electron chi connectivity index (χ4n) is 8.68. The van der Waals surface area contributed by atoms with Gasteiger partial charge in [-0.2, -0.15) is 0 Å². The molecule has 4 aromatic rings. The molecule has 3 aliphatic rings. The number of benzene rings is 2. The third-order valence-electron chi connectivity index (χ3n) is 13.1. The molecule has 0 saturated carbocycles. The highest BCUT2D eigenvalue weighted by Gasteiger charge is 2.36. The molecule has 2 aromatic carbocycles. The van der Waals surface area contributed by atoms with Crippen molar-refractivity contribution in [2.75, 3.05) is 54.1 Å². The Labute approximate surface area is 383 Å². The third-order valence-corrected chi connectivity index (χ3v) is 13.1. The van der Waals surface area contributed by atoms with Crippen LogP contribution in [0.5, 0.6) is 0 Å². The number of carbonyl (C=O) groups is 4. The summed E-state index contributed by atoms with van der Waals surface area (Å²) in [6.07, 6.45) is 3.29. The van der Waals surface area contributed by atoms with Crippen LogP contribution in [0.25, 0.3) is 33.3 Å². The maximum Gasteiger partial charge on any atom is 0.324 e. The number of nitrogens with one attached hydrogen (secondary N) is 2. The van der Waals surface area contributed by atoms with Crippen LogP contribution in [-0.2, 0) is 52.8 Å². The first-order chi connectivity index (χ1) is 31.0. The van der Waals surface area contributed by atoms with Crippen LogP contribution in [0.2, 0.25) is 0 Å². The molecule has 2 fully saturated rings. The number of aryl methyl sites for hydroxylation is 1. The number of amides is 3. The minimum Gasteiger partial charge on any atom is -0.464 e. The van der Waals surface area contributed by atoms with Crippen molar-refractivity contribution in [1.82, 2.24) is 35.1 Å². The lowest BCUT2D eigenvalue weighted by molar-refractivity contribution is -0.155. The van der Waals surface area contributed by atoms with E-state index in [1.54, 1.807) is 18.2 Å². The molecule has 3 aliphatic heterocycles. The normalized spacial score (nSPS) is 19.8. The Kier molecular flexibility index (Phi) is 14.5. The van der Waals surface area contributed by atoms with E-state index in [1.807, 2.05) is 58.0 Å². The molecule has 0 radical (unpaired) electrons. The Morgan fingerprint density at radius 2 is 1.86 bits per heavy atom. The Hall–Kier alpha value is -5.59. The molecule has 2 aromatic heterocycles. The van der Waals surface area contributed by atoms with E-state index in [0.717, 1.165) is 56.7 Å². The standard InChI is InChI=1S/C51H65N7O7/c1-10-57-43-19-18-36-28-39(43)40(47(57)38-16-12-23-52-46(38)33(2)63-9)29-50(3,4)32-65-49(62)41-17-13-24-58(54-41)48(61)42(27-34-14-11-15-35(36)26-34)53-44(59)21-25-64-37-30-56(31-37)45(60)20-22-51(5,6)55(7)8/h11-12,14-16,18-19,23,26,28,33,37,41-42,54H,10,13,17,21,24-25,27,29-32H2,1-9H3,(H,53,59)/t33?,41-,42-/m0/s1. The van der Waals surface area contributed by atoms with Gasteiger partial charge >= 0.3 is 5.97 Å². The van der Waals surface area contributed by atoms with Gasteiger partial charge in [-0.3, -0.25) is 34.1 Å². The second-order valence-corrected chi connectivity index (χ2v) is 19.1. The summed E-state index contributed by atoms with van der Waals surface area (Å²) >= 11 is 0. The lowest BCUT2D eigenvalue weighted by atomic mass is 9.84. The van der Waals surface area contributed by atoms with Gasteiger partial charge in [0.1, 0.15) is 12.1 Å². The lowest BCUT2D eigenvalue weighted by Gasteiger charge is -2.37. The van der Waals surface area contributed by atoms with Gasteiger partial charge in [-0.15, -0.1) is 0 Å². The molecule has 0 spiro atoms. The molecule has 2 N–H and O–H groups in total. The second-order valence-electron chi connectivity index (χ2n) is 19.1. The fraction of sp³-hybridized carbons (Fsp3) is 0.510. The molecule has 14 nitrogen and oxygen atoms in total. The second kappa shape index (κ2) is 19.9. The number of pyridine rings is 1. The largest absolute Gasteiger partial charge is 0.464 e. The molecule has 7 rings (SSSR count). The Balaban J connectivity index is 1.16. The molecule has 3 amide bonds. The molecule has 2 saturated heterocycles. The van der Waals surface area contributed by atoms with Crippen molar-refractivity contribution in [2.24, 2.45) is 5.41 Å². The SMILES string of the molecule is CCn1c(-c2cccnc2C(C)OC)c2c3cc(ccc31)-c1cccc(c1)C[C@H](NC(=O)CCOC1CN(C(=O)C#CC(C)(C)N(C)C)C1)C(=O)N1CCC[C@H](N1)C(=O)OCC(C)(C)C2. The molecule has 14 heteroatoms. The number of fused-ring (bicyclic) bond motifs is 6. The summed E-state index contributed by atoms with van der Waals surface area (Å²) < 4.78 is 20.2. The van der Waals surface area contributed by atoms with Gasteiger partial charge in [0.05, 0.1) is 42.3 Å². The molecule has 5 heterocycles. The first-order valence-corrected chi connectivity index (χ1v) is 22.9. The Morgan fingerprint density at radius 3 is 2.60 bits per heavy atom. The van der Waals surface area contributed by atoms with E-state index < -0.39 is 29.0 Å². The number of hydrazine groups is 1. The van der Waals surface area contributed by atoms with Gasteiger partial charge in [-0.05, 0) is 113 Å². The Bertz CT molecular complexity index is 2480. The third kappa shape index (κ3) is 10.8. The highest BCUT2D eigenvalue weighted by atomic mass is 16.5. The highest BCUT2D eigenvalue weighted by molar-refractivity contribution is 5.96. The number of aromatic nitrogens is 2. The number of ether oxygens (including phenoxy) is 3. The van der Waals surface area contributed by atoms with Crippen LogP contribution < -0.4 is 10.7 Å². The van der Waals surface area contributed by atoms with Gasteiger partial charge in [0.25, 0.3) is 11.8 Å². The van der Waals surface area contributed by atoms with Crippen LogP contribution >= 0.6 is 0 Å². The first kappa shape index (κ1) is 47.4. The number of carbonyl (C=O) groups excluding carboxylic acids is 4. The van der Waals surface area contributed by atoms with E-state index in [-0.39, 0.29) is 56.0 Å². The van der Waals surface area contributed by atoms with Gasteiger partial charge in [0, 0.05) is 74.2 Å². The summed E-state index contributed by atoms with van der Waals surface area (Å²) in [5.74, 6) is 4.41. The van der Waals surface area contributed by atoms with E-state index >= 15 is 0 Å². The Morgan fingerprint density at radius 1 is 1.09 bits per heavy atom. The van der Waals surface area contributed by atoms with Crippen LogP contribution in [0, 0.1) is 17.3 Å². The first-order valence-electron chi connectivity index (χ1n) is 22.9. The van der Waals surface area contributed by atoms with E-state index in [9.17, 15) is 19.2 Å². The quantitative estimate of drug-likeness (QED) is 0.150. The number of likely N-dealkylation sites (tertiary alicyclic amines) is 1. The van der Waals surface area contributed by atoms with Gasteiger partial charge in [-0.25, -0.2) is 5.43 Å². The van der Waals surface area contributed by atoms with Gasteiger partial charge < -0.3 is 29.0 Å². The number of cyclic esters (lactones) is 1. The minimum atomic E-state index is -0.932. The van der Waals surface area contributed by atoms with E-state index in [0.29, 0.717) is 38.9 Å². The van der Waals surface area contributed by atoms with Crippen LogP contribution in [0.4, 0.5) is 0 Å². The van der Waals surface area contributed by atoms with E-state index in [2.05, 4.69) is 84.3 Å². The summed E-state index contributed by atoms with van der Waals surface area (Å²) in [4.78, 5) is 62.8. The van der Waals surface area contributed by atoms with Crippen molar-refractivity contribution < 1.29 is 33.4 Å². The zero-order valence-electron chi connectivity index (χ0n) is 39.5. The summed E-state index contributed by atoms with van der Waals surface area (Å²) in [5, 5.41) is 5.55. The number of esters is 1. The van der Waals surface area contributed by atoms with Gasteiger partial charge in [0.2, 0.25) is 5.91 Å². The number of nitrogens with zero attached hydrogens (tertiary/aromatic N) is 5. The molecule has 65 heavy (non-hydrogen) atoms. The zero-order valence-corrected chi connectivity index (χ0v) is 39.5. The van der Waals surface area contributed by atoms with Crippen molar-refractivity contribution in [3.05, 3.63) is 77.6 Å². The molecular formula is C51H65N7O7. The molecule has 6 bridgehead atoms. The van der Waals surface area contributed by atoms with Crippen LogP contribution in [0.15, 0.2) is 60.8 Å². The molecular weight excluding hydrogens is 823 g/mol. The number of methoxy groups -OCH3 is 1. The predicted molar refractivity (Wildman–Crippen MR) is 250 cm³/mol. The lowest BCUT2D eigenvalue weighted by Crippen LogP contribution is -2.60. The maximum absolute atomic E-state index is 14.4. The van der Waals surface area contributed by atoms with Crippen molar-refractivity contribution in [2.45, 2.75) is 110 Å². The summed E-state index contributed by atoms with van der Waals surface area (Å²) in [5.41, 5.74) is 10.2. The van der Waals surface area contributed by atoms with Crippen molar-refractivity contribution in [1.29, 1.82) is 0 Å². The van der Waals surface area contributed by atoms with Gasteiger partial charge in [-0.1, -0.05) is 50.1 Å². The van der Waals surface area contributed by atoms with Crippen LogP contribution in [0.1, 0.15) is 83.7 Å². The summed E-state index contributed by atoms with van der Waals surface area (Å²) in [7, 11) is 5.53. The van der Waals surface area contributed by atoms with Gasteiger partial charge in [0.15, 0.2) is 0 Å². The topological polar surface area (TPSA) is 148 Å². The highest BCUT2D eigenvalue weighted by Crippen LogP contribution is 2.42. The van der Waals surface area contributed by atoms with E-state index in [4.69, 9.17) is 19.2 Å². The summed E-state index contributed by atoms with van der Waals surface area (Å²) in [6.45, 7) is 14.5. The van der Waals surface area contributed by atoms with Crippen LogP contribution in [-0.4, -0.2) is 126 Å². The smallest absolute Gasteiger partial charge is 0.324 e. The summed E-state index contributed by atoms with van der Waals surface area (Å²) in [6, 6.07) is 17.1. The monoisotopic (exact) mass is 887 g/mol. The van der Waals surface area contributed by atoms with Crippen molar-refractivity contribution >= 4 is 34.6 Å². The number of rotatable bonds is 10. The average molecular weight is 888 g/mol. The molecule has 346 valence electrons. The number of hydrogen-bond acceptors (Lipinski definition) is 10. The average Bonchev–Trinajstić information content (AvgIpc) is 3.58. The maximum atomic E-state index is 14.4. The fourth-order valence-corrected chi connectivity index (χ4v) is 8.68. The molecule has 0 aliphatic carbocycles. The van der Waals surface area contributed by atoms with Crippen LogP contribution in [0.3, 0.4) is 0 Å². The minimum absolute atomic E-state index is 0.0237. The predicted octanol–water partition coefficient (Wildman–Crippen LogP) is 5.71. The molecule has 1 unspecified atom stereocenters. The molecule has 3 atom stereocenters. The van der Waals surface area contributed by atoms with Crippen molar-refractivity contribution in [3.63, 3.8) is 0 Å². The number of hydrogen-bond donors (Lipinski definition) is 2. The van der Waals surface area contributed by atoms with E-state index in [1.165, 1.54) is 5.01 Å². The zero-order chi connectivity index (χ0) is 46.6. The van der Waals surface area contributed by atoms with Crippen molar-refractivity contribution in [3.8, 4) is 34.2 Å².